The quantitative estimate of drug-likeness (QED) is 0.125. The molecule has 0 saturated carbocycles. The third-order valence-corrected chi connectivity index (χ3v) is 9.18. The van der Waals surface area contributed by atoms with Crippen LogP contribution >= 0.6 is 0 Å². The van der Waals surface area contributed by atoms with E-state index >= 15 is 0 Å². The SMILES string of the molecule is CO[C@H]1C=C(C)C(c2c(C)nn(-c3[c-]c(Oc4[c-]c5c(cc4)c4ccccc4n5-c4cc(C)ccn4)cc(C)c3)c2C)[C@@H](C)C1.[Pt+2]. The molecule has 0 spiro atoms. The zero-order chi connectivity index (χ0) is 31.4. The van der Waals surface area contributed by atoms with Crippen LogP contribution in [0.5, 0.6) is 11.5 Å². The van der Waals surface area contributed by atoms with Gasteiger partial charge in [0.1, 0.15) is 5.82 Å². The Hall–Kier alpha value is -3.99. The predicted octanol–water partition coefficient (Wildman–Crippen LogP) is 9.07. The molecule has 7 rings (SSSR count). The first kappa shape index (κ1) is 32.0. The van der Waals surface area contributed by atoms with E-state index in [0.717, 1.165) is 62.2 Å². The van der Waals surface area contributed by atoms with Crippen molar-refractivity contribution in [1.29, 1.82) is 0 Å². The first-order valence-electron chi connectivity index (χ1n) is 15.6. The molecule has 1 aliphatic carbocycles. The largest absolute Gasteiger partial charge is 2.00 e. The maximum absolute atomic E-state index is 6.48. The third-order valence-electron chi connectivity index (χ3n) is 9.18. The van der Waals surface area contributed by atoms with E-state index in [1.807, 2.05) is 29.1 Å². The molecule has 0 radical (unpaired) electrons. The average Bonchev–Trinajstić information content (AvgIpc) is 3.49. The van der Waals surface area contributed by atoms with Gasteiger partial charge in [0.2, 0.25) is 0 Å². The van der Waals surface area contributed by atoms with Crippen LogP contribution in [-0.4, -0.2) is 32.5 Å². The fraction of sp³-hybridized carbons (Fsp3) is 0.282. The molecular weight excluding hydrogens is 752 g/mol. The standard InChI is InChI=1S/C39H38N4O2.Pt/c1-23-14-15-40-37(18-23)42-35-11-9-8-10-33(35)34-13-12-30(22-36(34)42)45-32-17-24(2)16-29(21-32)43-28(6)39(27(5)41-43)38-25(3)19-31(44-7)20-26(38)4;/h8-19,26,31,38H,20H2,1-7H3;/q-2;+2/t26-,31-,38?;/m0./s1. The van der Waals surface area contributed by atoms with Crippen LogP contribution in [0.3, 0.4) is 0 Å². The fourth-order valence-corrected chi connectivity index (χ4v) is 7.20. The minimum atomic E-state index is 0. The van der Waals surface area contributed by atoms with Crippen LogP contribution in [0.25, 0.3) is 33.3 Å². The third kappa shape index (κ3) is 5.63. The minimum absolute atomic E-state index is 0. The minimum Gasteiger partial charge on any atom is -0.509 e. The van der Waals surface area contributed by atoms with Crippen molar-refractivity contribution in [2.45, 2.75) is 60.0 Å². The van der Waals surface area contributed by atoms with Crippen molar-refractivity contribution in [3.8, 4) is 23.0 Å². The number of ether oxygens (including phenoxy) is 2. The number of nitrogens with zero attached hydrogens (tertiary/aromatic N) is 4. The molecule has 0 N–H and O–H groups in total. The summed E-state index contributed by atoms with van der Waals surface area (Å²) in [5.74, 6) is 2.85. The average molecular weight is 790 g/mol. The normalized spacial score (nSPS) is 18.1. The number of aryl methyl sites for hydroxylation is 3. The summed E-state index contributed by atoms with van der Waals surface area (Å²) >= 11 is 0. The number of allylic oxidation sites excluding steroid dienone is 1. The molecule has 0 aliphatic heterocycles. The van der Waals surface area contributed by atoms with E-state index in [2.05, 4.69) is 107 Å². The molecule has 3 atom stereocenters. The van der Waals surface area contributed by atoms with E-state index in [-0.39, 0.29) is 27.2 Å². The number of para-hydroxylation sites is 1. The zero-order valence-electron chi connectivity index (χ0n) is 27.3. The van der Waals surface area contributed by atoms with Gasteiger partial charge in [0.25, 0.3) is 0 Å². The van der Waals surface area contributed by atoms with Crippen LogP contribution in [0.1, 0.15) is 54.3 Å². The number of aromatic nitrogens is 4. The molecule has 1 aliphatic rings. The van der Waals surface area contributed by atoms with Crippen molar-refractivity contribution in [2.75, 3.05) is 7.11 Å². The van der Waals surface area contributed by atoms with Gasteiger partial charge in [0.05, 0.1) is 11.8 Å². The molecule has 0 amide bonds. The van der Waals surface area contributed by atoms with Crippen LogP contribution in [-0.2, 0) is 25.8 Å². The Bertz CT molecular complexity index is 2110. The second kappa shape index (κ2) is 12.7. The van der Waals surface area contributed by atoms with Gasteiger partial charge in [-0.2, -0.15) is 16.7 Å². The number of hydrogen-bond acceptors (Lipinski definition) is 4. The van der Waals surface area contributed by atoms with Crippen molar-refractivity contribution in [3.05, 3.63) is 119 Å². The molecule has 6 nitrogen and oxygen atoms in total. The number of hydrogen-bond donors (Lipinski definition) is 0. The van der Waals surface area contributed by atoms with Gasteiger partial charge >= 0.3 is 21.1 Å². The van der Waals surface area contributed by atoms with E-state index in [1.165, 1.54) is 11.1 Å². The Morgan fingerprint density at radius 1 is 0.870 bits per heavy atom. The van der Waals surface area contributed by atoms with Gasteiger partial charge in [-0.25, -0.2) is 4.98 Å². The first-order valence-corrected chi connectivity index (χ1v) is 15.6. The first-order chi connectivity index (χ1) is 21.7. The Morgan fingerprint density at radius 2 is 1.67 bits per heavy atom. The summed E-state index contributed by atoms with van der Waals surface area (Å²) in [7, 11) is 1.79. The summed E-state index contributed by atoms with van der Waals surface area (Å²) in [5.41, 5.74) is 9.88. The molecule has 3 aromatic heterocycles. The Balaban J connectivity index is 0.00000372. The molecule has 3 heterocycles. The zero-order valence-corrected chi connectivity index (χ0v) is 29.6. The molecule has 46 heavy (non-hydrogen) atoms. The van der Waals surface area contributed by atoms with Crippen molar-refractivity contribution in [1.82, 2.24) is 19.3 Å². The maximum Gasteiger partial charge on any atom is 2.00 e. The van der Waals surface area contributed by atoms with E-state index < -0.39 is 0 Å². The molecule has 0 saturated heterocycles. The smallest absolute Gasteiger partial charge is 0.509 e. The fourth-order valence-electron chi connectivity index (χ4n) is 7.20. The van der Waals surface area contributed by atoms with Gasteiger partial charge < -0.3 is 14.0 Å². The Labute approximate surface area is 285 Å². The van der Waals surface area contributed by atoms with Crippen molar-refractivity contribution in [3.63, 3.8) is 0 Å². The molecule has 7 heteroatoms. The summed E-state index contributed by atoms with van der Waals surface area (Å²) in [6, 6.07) is 27.8. The summed E-state index contributed by atoms with van der Waals surface area (Å²) in [4.78, 5) is 4.70. The van der Waals surface area contributed by atoms with Gasteiger partial charge in [-0.05, 0) is 74.9 Å². The van der Waals surface area contributed by atoms with Crippen LogP contribution in [0.4, 0.5) is 0 Å². The van der Waals surface area contributed by atoms with Gasteiger partial charge in [0, 0.05) is 47.5 Å². The van der Waals surface area contributed by atoms with E-state index in [4.69, 9.17) is 19.6 Å². The second-order valence-corrected chi connectivity index (χ2v) is 12.5. The van der Waals surface area contributed by atoms with Crippen LogP contribution < -0.4 is 4.74 Å². The molecule has 0 fully saturated rings. The van der Waals surface area contributed by atoms with Crippen molar-refractivity contribution < 1.29 is 30.5 Å². The second-order valence-electron chi connectivity index (χ2n) is 12.5. The number of pyridine rings is 1. The number of rotatable bonds is 6. The molecule has 236 valence electrons. The molecular formula is C39H38N4O2Pt. The van der Waals surface area contributed by atoms with E-state index in [1.54, 1.807) is 7.11 Å². The molecule has 3 aromatic carbocycles. The molecule has 1 unspecified atom stereocenters. The van der Waals surface area contributed by atoms with E-state index in [9.17, 15) is 0 Å². The summed E-state index contributed by atoms with van der Waals surface area (Å²) in [5, 5.41) is 7.28. The van der Waals surface area contributed by atoms with Crippen molar-refractivity contribution in [2.24, 2.45) is 5.92 Å². The van der Waals surface area contributed by atoms with Gasteiger partial charge in [-0.1, -0.05) is 49.2 Å². The number of benzene rings is 3. The Morgan fingerprint density at radius 3 is 2.43 bits per heavy atom. The summed E-state index contributed by atoms with van der Waals surface area (Å²) in [6.07, 6.45) is 5.29. The van der Waals surface area contributed by atoms with Gasteiger partial charge in [0.15, 0.2) is 0 Å². The Kier molecular flexibility index (Phi) is 8.80. The molecule has 0 bridgehead atoms. The number of fused-ring (bicyclic) bond motifs is 3. The topological polar surface area (TPSA) is 54.1 Å². The van der Waals surface area contributed by atoms with E-state index in [0.29, 0.717) is 23.3 Å². The van der Waals surface area contributed by atoms with Crippen LogP contribution in [0, 0.1) is 45.7 Å². The molecule has 6 aromatic rings. The van der Waals surface area contributed by atoms with Crippen LogP contribution in [0.2, 0.25) is 0 Å². The monoisotopic (exact) mass is 789 g/mol. The summed E-state index contributed by atoms with van der Waals surface area (Å²) in [6.45, 7) is 13.0. The van der Waals surface area contributed by atoms with Gasteiger partial charge in [-0.3, -0.25) is 4.68 Å². The van der Waals surface area contributed by atoms with Crippen LogP contribution in [0.15, 0.2) is 78.5 Å². The maximum atomic E-state index is 6.48. The van der Waals surface area contributed by atoms with Crippen molar-refractivity contribution >= 4 is 21.8 Å². The predicted molar refractivity (Wildman–Crippen MR) is 180 cm³/mol. The van der Waals surface area contributed by atoms with Gasteiger partial charge in [-0.15, -0.1) is 35.7 Å². The number of methoxy groups -OCH3 is 1. The summed E-state index contributed by atoms with van der Waals surface area (Å²) < 4.78 is 16.3.